The Kier molecular flexibility index (Phi) is 3.01. The third kappa shape index (κ3) is 2.28. The largest absolute Gasteiger partial charge is 0.406 e. The highest BCUT2D eigenvalue weighted by molar-refractivity contribution is 5.37. The molecule has 0 amide bonds. The minimum absolute atomic E-state index is 0.00198. The predicted octanol–water partition coefficient (Wildman–Crippen LogP) is 0.279. The molecule has 1 unspecified atom stereocenters. The first kappa shape index (κ1) is 10.4. The highest BCUT2D eigenvalue weighted by atomic mass is 16.4. The summed E-state index contributed by atoms with van der Waals surface area (Å²) in [4.78, 5) is 3.92. The van der Waals surface area contributed by atoms with Crippen LogP contribution in [-0.4, -0.2) is 32.4 Å². The lowest BCUT2D eigenvalue weighted by molar-refractivity contribution is 0.443. The van der Waals surface area contributed by atoms with Crippen LogP contribution in [0.3, 0.4) is 0 Å². The number of rotatable bonds is 4. The number of anilines is 2. The van der Waals surface area contributed by atoms with Crippen molar-refractivity contribution >= 4 is 12.0 Å². The van der Waals surface area contributed by atoms with E-state index in [2.05, 4.69) is 36.0 Å². The second kappa shape index (κ2) is 4.62. The fourth-order valence-electron chi connectivity index (χ4n) is 0.984. The van der Waals surface area contributed by atoms with Crippen LogP contribution >= 0.6 is 0 Å². The fraction of sp³-hybridized carbons (Fsp3) is 0.375. The first-order chi connectivity index (χ1) is 7.79. The van der Waals surface area contributed by atoms with Gasteiger partial charge in [0.1, 0.15) is 0 Å². The van der Waals surface area contributed by atoms with Gasteiger partial charge in [0.05, 0.1) is 18.4 Å². The van der Waals surface area contributed by atoms with Gasteiger partial charge in [0.2, 0.25) is 5.89 Å². The molecule has 2 aromatic rings. The lowest BCUT2D eigenvalue weighted by atomic mass is 10.3. The predicted molar refractivity (Wildman–Crippen MR) is 54.9 cm³/mol. The average molecular weight is 221 g/mol. The molecule has 8 heteroatoms. The minimum Gasteiger partial charge on any atom is -0.406 e. The maximum atomic E-state index is 5.34. The van der Waals surface area contributed by atoms with E-state index in [0.29, 0.717) is 11.8 Å². The highest BCUT2D eigenvalue weighted by Gasteiger charge is 2.12. The summed E-state index contributed by atoms with van der Waals surface area (Å²) in [6, 6.07) is 0.239. The van der Waals surface area contributed by atoms with Crippen LogP contribution in [0.1, 0.15) is 18.9 Å². The first-order valence-corrected chi connectivity index (χ1v) is 4.71. The SMILES string of the molecule is CNC(C)c1nnc(Nc2nccnn2)o1. The van der Waals surface area contributed by atoms with E-state index in [-0.39, 0.29) is 12.1 Å². The van der Waals surface area contributed by atoms with Crippen LogP contribution in [0.25, 0.3) is 0 Å². The molecule has 16 heavy (non-hydrogen) atoms. The van der Waals surface area contributed by atoms with Gasteiger partial charge in [-0.2, -0.15) is 5.10 Å². The summed E-state index contributed by atoms with van der Waals surface area (Å²) in [7, 11) is 1.81. The van der Waals surface area contributed by atoms with Crippen LogP contribution in [-0.2, 0) is 0 Å². The Morgan fingerprint density at radius 1 is 1.25 bits per heavy atom. The molecule has 2 rings (SSSR count). The van der Waals surface area contributed by atoms with Gasteiger partial charge < -0.3 is 9.73 Å². The Labute approximate surface area is 91.5 Å². The van der Waals surface area contributed by atoms with Crippen molar-refractivity contribution < 1.29 is 4.42 Å². The quantitative estimate of drug-likeness (QED) is 0.759. The lowest BCUT2D eigenvalue weighted by Crippen LogP contribution is -2.12. The molecule has 0 aromatic carbocycles. The van der Waals surface area contributed by atoms with Crippen molar-refractivity contribution in [2.24, 2.45) is 0 Å². The number of hydrogen-bond acceptors (Lipinski definition) is 8. The van der Waals surface area contributed by atoms with Gasteiger partial charge in [0.25, 0.3) is 5.95 Å². The van der Waals surface area contributed by atoms with E-state index in [4.69, 9.17) is 4.42 Å². The van der Waals surface area contributed by atoms with Gasteiger partial charge in [-0.15, -0.1) is 10.2 Å². The number of nitrogens with zero attached hydrogens (tertiary/aromatic N) is 5. The van der Waals surface area contributed by atoms with Crippen LogP contribution in [0.15, 0.2) is 16.8 Å². The van der Waals surface area contributed by atoms with Crippen LogP contribution in [0.2, 0.25) is 0 Å². The Morgan fingerprint density at radius 3 is 2.81 bits per heavy atom. The molecule has 8 nitrogen and oxygen atoms in total. The molecular weight excluding hydrogens is 210 g/mol. The van der Waals surface area contributed by atoms with Crippen molar-refractivity contribution in [3.05, 3.63) is 18.3 Å². The van der Waals surface area contributed by atoms with Crippen LogP contribution in [0.5, 0.6) is 0 Å². The van der Waals surface area contributed by atoms with Gasteiger partial charge in [-0.25, -0.2) is 4.98 Å². The summed E-state index contributed by atoms with van der Waals surface area (Å²) in [6.07, 6.45) is 3.00. The van der Waals surface area contributed by atoms with E-state index in [9.17, 15) is 0 Å². The zero-order valence-electron chi connectivity index (χ0n) is 8.88. The molecule has 84 valence electrons. The van der Waals surface area contributed by atoms with Crippen molar-refractivity contribution in [2.45, 2.75) is 13.0 Å². The standard InChI is InChI=1S/C8H11N7O/c1-5(9-2)6-13-15-8(16-6)12-7-10-3-4-11-14-7/h3-5,9H,1-2H3,(H,10,12,14,15). The van der Waals surface area contributed by atoms with Crippen molar-refractivity contribution in [1.29, 1.82) is 0 Å². The monoisotopic (exact) mass is 221 g/mol. The zero-order chi connectivity index (χ0) is 11.4. The van der Waals surface area contributed by atoms with Crippen LogP contribution in [0.4, 0.5) is 12.0 Å². The molecule has 2 aromatic heterocycles. The Bertz CT molecular complexity index is 443. The fourth-order valence-corrected chi connectivity index (χ4v) is 0.984. The second-order valence-electron chi connectivity index (χ2n) is 3.05. The summed E-state index contributed by atoms with van der Waals surface area (Å²) in [5, 5.41) is 20.8. The molecule has 0 aliphatic heterocycles. The van der Waals surface area contributed by atoms with E-state index >= 15 is 0 Å². The molecule has 1 atom stereocenters. The molecule has 0 aliphatic rings. The summed E-state index contributed by atoms with van der Waals surface area (Å²) in [6.45, 7) is 1.91. The molecule has 0 saturated carbocycles. The maximum absolute atomic E-state index is 5.34. The normalized spacial score (nSPS) is 12.4. The third-order valence-corrected chi connectivity index (χ3v) is 1.95. The molecule has 0 saturated heterocycles. The van der Waals surface area contributed by atoms with Crippen molar-refractivity contribution in [3.63, 3.8) is 0 Å². The minimum atomic E-state index is -0.00198. The smallest absolute Gasteiger partial charge is 0.322 e. The summed E-state index contributed by atoms with van der Waals surface area (Å²) in [5.41, 5.74) is 0. The van der Waals surface area contributed by atoms with Crippen molar-refractivity contribution in [2.75, 3.05) is 12.4 Å². The molecule has 0 radical (unpaired) electrons. The molecular formula is C8H11N7O. The average Bonchev–Trinajstić information content (AvgIpc) is 2.78. The van der Waals surface area contributed by atoms with Gasteiger partial charge in [0.15, 0.2) is 0 Å². The van der Waals surface area contributed by atoms with Crippen molar-refractivity contribution in [3.8, 4) is 0 Å². The van der Waals surface area contributed by atoms with Gasteiger partial charge >= 0.3 is 6.01 Å². The van der Waals surface area contributed by atoms with E-state index in [1.165, 1.54) is 12.4 Å². The summed E-state index contributed by atoms with van der Waals surface area (Å²) < 4.78 is 5.34. The molecule has 2 N–H and O–H groups in total. The van der Waals surface area contributed by atoms with Crippen LogP contribution < -0.4 is 10.6 Å². The topological polar surface area (TPSA) is 102 Å². The van der Waals surface area contributed by atoms with Gasteiger partial charge in [-0.1, -0.05) is 5.10 Å². The van der Waals surface area contributed by atoms with Gasteiger partial charge in [-0.05, 0) is 14.0 Å². The number of aromatic nitrogens is 5. The molecule has 0 fully saturated rings. The highest BCUT2D eigenvalue weighted by Crippen LogP contribution is 2.14. The number of hydrogen-bond donors (Lipinski definition) is 2. The molecule has 0 aliphatic carbocycles. The summed E-state index contributed by atoms with van der Waals surface area (Å²) in [5.74, 6) is 0.809. The van der Waals surface area contributed by atoms with Gasteiger partial charge in [0, 0.05) is 0 Å². The van der Waals surface area contributed by atoms with E-state index in [1.807, 2.05) is 14.0 Å². The maximum Gasteiger partial charge on any atom is 0.322 e. The molecule has 2 heterocycles. The second-order valence-corrected chi connectivity index (χ2v) is 3.05. The third-order valence-electron chi connectivity index (χ3n) is 1.95. The van der Waals surface area contributed by atoms with E-state index in [0.717, 1.165) is 0 Å². The molecule has 0 bridgehead atoms. The molecule has 0 spiro atoms. The Balaban J connectivity index is 2.09. The van der Waals surface area contributed by atoms with Crippen molar-refractivity contribution in [1.82, 2.24) is 30.7 Å². The number of nitrogens with one attached hydrogen (secondary N) is 2. The van der Waals surface area contributed by atoms with E-state index in [1.54, 1.807) is 0 Å². The van der Waals surface area contributed by atoms with Gasteiger partial charge in [-0.3, -0.25) is 5.32 Å². The zero-order valence-corrected chi connectivity index (χ0v) is 8.88. The van der Waals surface area contributed by atoms with E-state index < -0.39 is 0 Å². The Hall–Kier alpha value is -2.09. The summed E-state index contributed by atoms with van der Waals surface area (Å²) >= 11 is 0. The van der Waals surface area contributed by atoms with Crippen LogP contribution in [0, 0.1) is 0 Å². The lowest BCUT2D eigenvalue weighted by Gasteiger charge is -2.02. The Morgan fingerprint density at radius 2 is 2.12 bits per heavy atom. The first-order valence-electron chi connectivity index (χ1n) is 4.71.